The maximum Gasteiger partial charge on any atom is 0.0462 e. The smallest absolute Gasteiger partial charge is 0.0462 e. The summed E-state index contributed by atoms with van der Waals surface area (Å²) in [6.45, 7) is 0. The molecule has 0 aromatic heterocycles. The van der Waals surface area contributed by atoms with Crippen molar-refractivity contribution in [3.63, 3.8) is 0 Å². The quantitative estimate of drug-likeness (QED) is 0.101. The van der Waals surface area contributed by atoms with E-state index < -0.39 is 0 Å². The van der Waals surface area contributed by atoms with Crippen LogP contribution in [-0.4, -0.2) is 0 Å². The summed E-state index contributed by atoms with van der Waals surface area (Å²) in [6.07, 6.45) is 15.9. The highest BCUT2D eigenvalue weighted by molar-refractivity contribution is 5.80. The van der Waals surface area contributed by atoms with E-state index in [-0.39, 0.29) is 11.8 Å². The molecule has 366 valence electrons. The number of nitrogens with zero attached hydrogens (tertiary/aromatic N) is 4. The fourth-order valence-electron chi connectivity index (χ4n) is 10.6. The van der Waals surface area contributed by atoms with Gasteiger partial charge in [0, 0.05) is 80.1 Å². The van der Waals surface area contributed by atoms with Crippen molar-refractivity contribution in [2.45, 2.75) is 24.7 Å². The van der Waals surface area contributed by atoms with E-state index in [0.717, 1.165) is 69.7 Å². The summed E-state index contributed by atoms with van der Waals surface area (Å²) < 4.78 is 0. The van der Waals surface area contributed by atoms with Gasteiger partial charge in [-0.25, -0.2) is 0 Å². The van der Waals surface area contributed by atoms with Crippen LogP contribution >= 0.6 is 0 Å². The van der Waals surface area contributed by atoms with Gasteiger partial charge in [-0.1, -0.05) is 182 Å². The van der Waals surface area contributed by atoms with Gasteiger partial charge in [0.15, 0.2) is 0 Å². The van der Waals surface area contributed by atoms with E-state index in [1.165, 1.54) is 33.6 Å². The van der Waals surface area contributed by atoms with Crippen molar-refractivity contribution in [3.05, 3.63) is 338 Å². The molecular weight excluding hydrogens is 921 g/mol. The van der Waals surface area contributed by atoms with Gasteiger partial charge < -0.3 is 19.6 Å². The van der Waals surface area contributed by atoms with Gasteiger partial charge in [0.25, 0.3) is 0 Å². The van der Waals surface area contributed by atoms with Gasteiger partial charge in [-0.15, -0.1) is 0 Å². The standard InChI is InChI=1S/C72H58N4/c1-7-19-61(20-8-1)73(62-21-9-2-10-22-62)67-43-31-55(32-44-67)57-35-47-69(48-36-57)75(65-27-15-5-16-28-65)71-51-39-59(40-52-71)60-41-53-72(54-42-60)76(66-29-17-6-18-30-66)70-49-37-58(38-50-70)56-33-45-68(46-34-56)74(63-23-11-3-12-24-63)64-25-13-4-14-26-64/h1-37,39,41-54,58-59H,38,40H2. The molecule has 0 aliphatic heterocycles. The van der Waals surface area contributed by atoms with E-state index >= 15 is 0 Å². The Labute approximate surface area is 448 Å². The molecule has 76 heavy (non-hydrogen) atoms. The largest absolute Gasteiger partial charge is 0.311 e. The minimum atomic E-state index is 0.263. The van der Waals surface area contributed by atoms with E-state index in [9.17, 15) is 0 Å². The number of anilines is 10. The Morgan fingerprint density at radius 3 is 0.697 bits per heavy atom. The number of hydrogen-bond acceptors (Lipinski definition) is 4. The Morgan fingerprint density at radius 1 is 0.224 bits per heavy atom. The second kappa shape index (κ2) is 22.2. The molecule has 0 saturated heterocycles. The fraction of sp³-hybridized carbons (Fsp3) is 0.0556. The Hall–Kier alpha value is -9.64. The minimum Gasteiger partial charge on any atom is -0.311 e. The highest BCUT2D eigenvalue weighted by Crippen LogP contribution is 2.41. The first kappa shape index (κ1) is 47.4. The van der Waals surface area contributed by atoms with Gasteiger partial charge in [0.1, 0.15) is 0 Å². The minimum absolute atomic E-state index is 0.263. The molecule has 0 bridgehead atoms. The molecule has 4 heteroatoms. The molecule has 0 radical (unpaired) electrons. The zero-order valence-corrected chi connectivity index (χ0v) is 42.4. The van der Waals surface area contributed by atoms with E-state index in [0.29, 0.717) is 0 Å². The van der Waals surface area contributed by atoms with Crippen molar-refractivity contribution in [3.8, 4) is 11.1 Å². The van der Waals surface area contributed by atoms with Crippen molar-refractivity contribution in [2.24, 2.45) is 0 Å². The summed E-state index contributed by atoms with van der Waals surface area (Å²) in [7, 11) is 0. The lowest BCUT2D eigenvalue weighted by Gasteiger charge is -2.30. The van der Waals surface area contributed by atoms with Crippen molar-refractivity contribution in [1.29, 1.82) is 0 Å². The third kappa shape index (κ3) is 10.3. The monoisotopic (exact) mass is 978 g/mol. The van der Waals surface area contributed by atoms with Crippen LogP contribution in [0.2, 0.25) is 0 Å². The Balaban J connectivity index is 0.739. The zero-order valence-electron chi connectivity index (χ0n) is 42.4. The molecule has 4 nitrogen and oxygen atoms in total. The van der Waals surface area contributed by atoms with Crippen molar-refractivity contribution in [2.75, 3.05) is 19.6 Å². The predicted octanol–water partition coefficient (Wildman–Crippen LogP) is 19.8. The van der Waals surface area contributed by atoms with Gasteiger partial charge in [-0.3, -0.25) is 0 Å². The molecule has 10 aromatic rings. The molecule has 0 heterocycles. The number of rotatable bonds is 15. The number of benzene rings is 10. The highest BCUT2D eigenvalue weighted by atomic mass is 15.2. The maximum atomic E-state index is 2.39. The lowest BCUT2D eigenvalue weighted by Crippen LogP contribution is -2.18. The first-order valence-electron chi connectivity index (χ1n) is 26.4. The molecule has 10 aromatic carbocycles. The van der Waals surface area contributed by atoms with E-state index in [2.05, 4.69) is 335 Å². The summed E-state index contributed by atoms with van der Waals surface area (Å²) >= 11 is 0. The average molecular weight is 979 g/mol. The molecule has 2 unspecified atom stereocenters. The Bertz CT molecular complexity index is 3520. The van der Waals surface area contributed by atoms with Crippen molar-refractivity contribution >= 4 is 56.9 Å². The number of hydrogen-bond donors (Lipinski definition) is 0. The summed E-state index contributed by atoms with van der Waals surface area (Å²) in [6, 6.07) is 99.8. The molecular formula is C72H58N4. The molecule has 0 fully saturated rings. The molecule has 12 rings (SSSR count). The zero-order chi connectivity index (χ0) is 50.9. The normalized spacial score (nSPS) is 14.8. The first-order chi connectivity index (χ1) is 37.7. The summed E-state index contributed by atoms with van der Waals surface area (Å²) in [5.74, 6) is 0.550. The van der Waals surface area contributed by atoms with E-state index in [1.807, 2.05) is 0 Å². The van der Waals surface area contributed by atoms with Gasteiger partial charge in [-0.2, -0.15) is 0 Å². The highest BCUT2D eigenvalue weighted by Gasteiger charge is 2.22. The van der Waals surface area contributed by atoms with Crippen LogP contribution < -0.4 is 19.6 Å². The average Bonchev–Trinajstić information content (AvgIpc) is 3.51. The van der Waals surface area contributed by atoms with Crippen LogP contribution in [-0.2, 0) is 0 Å². The van der Waals surface area contributed by atoms with Crippen molar-refractivity contribution in [1.82, 2.24) is 0 Å². The molecule has 2 aliphatic carbocycles. The molecule has 0 amide bonds. The molecule has 0 N–H and O–H groups in total. The van der Waals surface area contributed by atoms with E-state index in [4.69, 9.17) is 0 Å². The lowest BCUT2D eigenvalue weighted by atomic mass is 9.90. The topological polar surface area (TPSA) is 13.0 Å². The van der Waals surface area contributed by atoms with E-state index in [1.54, 1.807) is 0 Å². The van der Waals surface area contributed by atoms with Gasteiger partial charge in [0.2, 0.25) is 0 Å². The SMILES string of the molecule is C1=CC(c2ccc(N(C3=CCC(c4ccc(N(c5ccccc5)c5ccccc5)cc4)C=C3)c3ccccc3)cc2)CC=C1N(c1ccccc1)c1ccc(-c2ccc(N(c3ccccc3)c3ccccc3)cc2)cc1. The van der Waals surface area contributed by atoms with Crippen LogP contribution in [0.3, 0.4) is 0 Å². The molecule has 2 aliphatic rings. The molecule has 0 saturated carbocycles. The third-order valence-electron chi connectivity index (χ3n) is 14.5. The van der Waals surface area contributed by atoms with Crippen LogP contribution in [0, 0.1) is 0 Å². The second-order valence-corrected chi connectivity index (χ2v) is 19.3. The van der Waals surface area contributed by atoms with Crippen LogP contribution in [0.1, 0.15) is 35.8 Å². The summed E-state index contributed by atoms with van der Waals surface area (Å²) in [5.41, 5.74) is 18.6. The Morgan fingerprint density at radius 2 is 0.447 bits per heavy atom. The fourth-order valence-corrected chi connectivity index (χ4v) is 10.6. The van der Waals surface area contributed by atoms with Crippen LogP contribution in [0.4, 0.5) is 56.9 Å². The Kier molecular flexibility index (Phi) is 13.9. The van der Waals surface area contributed by atoms with Crippen LogP contribution in [0.5, 0.6) is 0 Å². The summed E-state index contributed by atoms with van der Waals surface area (Å²) in [5, 5.41) is 0. The van der Waals surface area contributed by atoms with Crippen LogP contribution in [0.25, 0.3) is 11.1 Å². The molecule has 2 atom stereocenters. The molecule has 0 spiro atoms. The maximum absolute atomic E-state index is 2.39. The number of para-hydroxylation sites is 6. The van der Waals surface area contributed by atoms with Gasteiger partial charge in [-0.05, 0) is 169 Å². The van der Waals surface area contributed by atoms with Gasteiger partial charge in [0.05, 0.1) is 0 Å². The number of allylic oxidation sites excluding steroid dienone is 6. The van der Waals surface area contributed by atoms with Crippen LogP contribution in [0.15, 0.2) is 327 Å². The second-order valence-electron chi connectivity index (χ2n) is 19.3. The van der Waals surface area contributed by atoms with Crippen molar-refractivity contribution < 1.29 is 0 Å². The lowest BCUT2D eigenvalue weighted by molar-refractivity contribution is 0.837. The predicted molar refractivity (Wildman–Crippen MR) is 320 cm³/mol. The third-order valence-corrected chi connectivity index (χ3v) is 14.5. The first-order valence-corrected chi connectivity index (χ1v) is 26.4. The van der Waals surface area contributed by atoms with Gasteiger partial charge >= 0.3 is 0 Å². The summed E-state index contributed by atoms with van der Waals surface area (Å²) in [4.78, 5) is 9.36.